The first-order valence-electron chi connectivity index (χ1n) is 4.08. The van der Waals surface area contributed by atoms with E-state index in [1.807, 2.05) is 0 Å². The van der Waals surface area contributed by atoms with E-state index in [0.717, 1.165) is 0 Å². The van der Waals surface area contributed by atoms with E-state index < -0.39 is 11.4 Å². The third-order valence-corrected chi connectivity index (χ3v) is 2.12. The van der Waals surface area contributed by atoms with Gasteiger partial charge in [-0.15, -0.1) is 0 Å². The van der Waals surface area contributed by atoms with E-state index in [1.54, 1.807) is 12.1 Å². The number of halogens is 1. The Hall–Kier alpha value is -1.84. The van der Waals surface area contributed by atoms with Gasteiger partial charge in [0.05, 0.1) is 0 Å². The highest BCUT2D eigenvalue weighted by Crippen LogP contribution is 2.20. The van der Waals surface area contributed by atoms with Gasteiger partial charge in [0.1, 0.15) is 5.58 Å². The molecule has 0 saturated heterocycles. The van der Waals surface area contributed by atoms with Gasteiger partial charge < -0.3 is 10.2 Å². The summed E-state index contributed by atoms with van der Waals surface area (Å²) in [7, 11) is 0. The summed E-state index contributed by atoms with van der Waals surface area (Å²) in [6, 6.07) is 4.77. The van der Waals surface area contributed by atoms with Crippen molar-refractivity contribution in [3.63, 3.8) is 0 Å². The molecule has 0 atom stereocenters. The Morgan fingerprint density at radius 2 is 2.14 bits per heavy atom. The number of hydrogen-bond acceptors (Lipinski definition) is 3. The zero-order valence-corrected chi connectivity index (χ0v) is 7.50. The number of aryl methyl sites for hydroxylation is 1. The number of anilines is 1. The summed E-state index contributed by atoms with van der Waals surface area (Å²) in [6.45, 7) is 1.53. The lowest BCUT2D eigenvalue weighted by atomic mass is 10.1. The first-order chi connectivity index (χ1) is 6.59. The summed E-state index contributed by atoms with van der Waals surface area (Å²) in [6.07, 6.45) is 0. The number of hydrogen-bond donors (Lipinski definition) is 1. The van der Waals surface area contributed by atoms with Crippen LogP contribution in [0, 0.1) is 12.7 Å². The summed E-state index contributed by atoms with van der Waals surface area (Å²) in [4.78, 5) is 11.0. The van der Waals surface area contributed by atoms with Crippen molar-refractivity contribution in [2.24, 2.45) is 0 Å². The van der Waals surface area contributed by atoms with Crippen LogP contribution in [0.4, 0.5) is 10.1 Å². The van der Waals surface area contributed by atoms with E-state index in [2.05, 4.69) is 0 Å². The molecular formula is C10H8FNO2. The Morgan fingerprint density at radius 1 is 1.43 bits per heavy atom. The van der Waals surface area contributed by atoms with Gasteiger partial charge in [-0.2, -0.15) is 4.39 Å². The molecule has 2 rings (SSSR count). The lowest BCUT2D eigenvalue weighted by molar-refractivity contribution is 0.482. The third kappa shape index (κ3) is 1.16. The number of benzene rings is 1. The quantitative estimate of drug-likeness (QED) is 0.513. The maximum absolute atomic E-state index is 13.1. The summed E-state index contributed by atoms with van der Waals surface area (Å²) in [5.74, 6) is -0.845. The Balaban J connectivity index is 2.98. The van der Waals surface area contributed by atoms with Crippen LogP contribution in [0.2, 0.25) is 0 Å². The molecule has 0 aliphatic heterocycles. The maximum Gasteiger partial charge on any atom is 0.372 e. The molecule has 3 nitrogen and oxygen atoms in total. The second-order valence-electron chi connectivity index (χ2n) is 3.08. The van der Waals surface area contributed by atoms with E-state index in [9.17, 15) is 9.18 Å². The SMILES string of the molecule is Cc1c(F)c(=O)oc2cc(N)ccc12. The zero-order chi connectivity index (χ0) is 10.3. The highest BCUT2D eigenvalue weighted by molar-refractivity contribution is 5.82. The van der Waals surface area contributed by atoms with Crippen LogP contribution in [0.3, 0.4) is 0 Å². The standard InChI is InChI=1S/C10H8FNO2/c1-5-7-3-2-6(12)4-8(7)14-10(13)9(5)11/h2-4H,12H2,1H3. The second kappa shape index (κ2) is 2.83. The maximum atomic E-state index is 13.1. The van der Waals surface area contributed by atoms with Gasteiger partial charge in [-0.05, 0) is 19.1 Å². The molecule has 0 amide bonds. The lowest BCUT2D eigenvalue weighted by Crippen LogP contribution is -2.07. The first kappa shape index (κ1) is 8.74. The molecule has 0 bridgehead atoms. The predicted octanol–water partition coefficient (Wildman–Crippen LogP) is 1.82. The normalized spacial score (nSPS) is 10.7. The minimum atomic E-state index is -0.958. The Kier molecular flexibility index (Phi) is 1.77. The molecule has 72 valence electrons. The Bertz CT molecular complexity index is 560. The van der Waals surface area contributed by atoms with Crippen molar-refractivity contribution in [2.75, 3.05) is 5.73 Å². The van der Waals surface area contributed by atoms with Crippen LogP contribution in [0.25, 0.3) is 11.0 Å². The predicted molar refractivity (Wildman–Crippen MR) is 51.6 cm³/mol. The zero-order valence-electron chi connectivity index (χ0n) is 7.50. The molecule has 1 heterocycles. The summed E-state index contributed by atoms with van der Waals surface area (Å²) in [5, 5.41) is 0.566. The Morgan fingerprint density at radius 3 is 2.86 bits per heavy atom. The molecule has 0 aliphatic rings. The molecule has 14 heavy (non-hydrogen) atoms. The van der Waals surface area contributed by atoms with Gasteiger partial charge in [-0.25, -0.2) is 4.79 Å². The van der Waals surface area contributed by atoms with Gasteiger partial charge in [0, 0.05) is 22.7 Å². The fourth-order valence-corrected chi connectivity index (χ4v) is 1.35. The lowest BCUT2D eigenvalue weighted by Gasteiger charge is -2.01. The van der Waals surface area contributed by atoms with Crippen LogP contribution >= 0.6 is 0 Å². The minimum Gasteiger partial charge on any atom is -0.421 e. The third-order valence-electron chi connectivity index (χ3n) is 2.12. The van der Waals surface area contributed by atoms with Gasteiger partial charge in [0.15, 0.2) is 0 Å². The fraction of sp³-hybridized carbons (Fsp3) is 0.100. The van der Waals surface area contributed by atoms with Crippen molar-refractivity contribution in [1.29, 1.82) is 0 Å². The van der Waals surface area contributed by atoms with Crippen LogP contribution in [-0.2, 0) is 0 Å². The summed E-state index contributed by atoms with van der Waals surface area (Å²) >= 11 is 0. The molecular weight excluding hydrogens is 185 g/mol. The second-order valence-corrected chi connectivity index (χ2v) is 3.08. The molecule has 0 spiro atoms. The van der Waals surface area contributed by atoms with Gasteiger partial charge in [0.25, 0.3) is 0 Å². The number of nitrogen functional groups attached to an aromatic ring is 1. The molecule has 2 N–H and O–H groups in total. The van der Waals surface area contributed by atoms with Gasteiger partial charge in [0.2, 0.25) is 5.82 Å². The molecule has 1 aromatic heterocycles. The average Bonchev–Trinajstić information content (AvgIpc) is 2.14. The molecule has 4 heteroatoms. The fourth-order valence-electron chi connectivity index (χ4n) is 1.35. The van der Waals surface area contributed by atoms with Crippen LogP contribution in [0.15, 0.2) is 27.4 Å². The van der Waals surface area contributed by atoms with Crippen LogP contribution in [-0.4, -0.2) is 0 Å². The average molecular weight is 193 g/mol. The van der Waals surface area contributed by atoms with E-state index in [-0.39, 0.29) is 5.56 Å². The highest BCUT2D eigenvalue weighted by atomic mass is 19.1. The van der Waals surface area contributed by atoms with Crippen molar-refractivity contribution >= 4 is 16.7 Å². The van der Waals surface area contributed by atoms with Crippen LogP contribution in [0.1, 0.15) is 5.56 Å². The van der Waals surface area contributed by atoms with Crippen molar-refractivity contribution in [3.05, 3.63) is 40.0 Å². The summed E-state index contributed by atoms with van der Waals surface area (Å²) in [5.41, 5.74) is 5.63. The van der Waals surface area contributed by atoms with E-state index in [1.165, 1.54) is 13.0 Å². The van der Waals surface area contributed by atoms with E-state index >= 15 is 0 Å². The monoisotopic (exact) mass is 193 g/mol. The number of rotatable bonds is 0. The van der Waals surface area contributed by atoms with Gasteiger partial charge >= 0.3 is 5.63 Å². The van der Waals surface area contributed by atoms with Crippen molar-refractivity contribution in [2.45, 2.75) is 6.92 Å². The van der Waals surface area contributed by atoms with E-state index in [0.29, 0.717) is 16.7 Å². The smallest absolute Gasteiger partial charge is 0.372 e. The summed E-state index contributed by atoms with van der Waals surface area (Å²) < 4.78 is 17.9. The minimum absolute atomic E-state index is 0.288. The number of fused-ring (bicyclic) bond motifs is 1. The molecule has 0 unspecified atom stereocenters. The largest absolute Gasteiger partial charge is 0.421 e. The van der Waals surface area contributed by atoms with Crippen molar-refractivity contribution in [1.82, 2.24) is 0 Å². The van der Waals surface area contributed by atoms with Crippen molar-refractivity contribution in [3.8, 4) is 0 Å². The van der Waals surface area contributed by atoms with Crippen LogP contribution < -0.4 is 11.4 Å². The molecule has 0 aliphatic carbocycles. The van der Waals surface area contributed by atoms with Crippen molar-refractivity contribution < 1.29 is 8.81 Å². The van der Waals surface area contributed by atoms with Gasteiger partial charge in [-0.1, -0.05) is 0 Å². The molecule has 0 fully saturated rings. The molecule has 0 radical (unpaired) electrons. The molecule has 0 saturated carbocycles. The van der Waals surface area contributed by atoms with Crippen LogP contribution in [0.5, 0.6) is 0 Å². The molecule has 2 aromatic rings. The topological polar surface area (TPSA) is 56.2 Å². The first-order valence-corrected chi connectivity index (χ1v) is 4.08. The molecule has 1 aromatic carbocycles. The van der Waals surface area contributed by atoms with E-state index in [4.69, 9.17) is 10.2 Å². The highest BCUT2D eigenvalue weighted by Gasteiger charge is 2.09. The van der Waals surface area contributed by atoms with Gasteiger partial charge in [-0.3, -0.25) is 0 Å². The number of nitrogens with two attached hydrogens (primary N) is 1. The Labute approximate surface area is 78.9 Å².